The second kappa shape index (κ2) is 10.6. The Bertz CT molecular complexity index is 929. The van der Waals surface area contributed by atoms with E-state index in [2.05, 4.69) is 56.3 Å². The van der Waals surface area contributed by atoms with E-state index >= 15 is 0 Å². The van der Waals surface area contributed by atoms with Gasteiger partial charge in [-0.2, -0.15) is 9.97 Å². The van der Waals surface area contributed by atoms with E-state index in [9.17, 15) is 4.79 Å². The first-order valence-corrected chi connectivity index (χ1v) is 11.8. The molecule has 0 atom stereocenters. The van der Waals surface area contributed by atoms with Crippen molar-refractivity contribution in [2.75, 3.05) is 42.2 Å². The Morgan fingerprint density at radius 3 is 2.66 bits per heavy atom. The van der Waals surface area contributed by atoms with Gasteiger partial charge in [0.25, 0.3) is 0 Å². The first-order valence-electron chi connectivity index (χ1n) is 11.8. The number of aromatic nitrogens is 2. The predicted molar refractivity (Wildman–Crippen MR) is 127 cm³/mol. The average Bonchev–Trinajstić information content (AvgIpc) is 2.94. The van der Waals surface area contributed by atoms with E-state index in [4.69, 9.17) is 10.5 Å². The standard InChI is InChI=1S/C24H34N6O2/c1-2-3-14-32-24-27-22(25)21-23(28-24)30(13-10-20(31)26-21)17-19-9-7-8-18(15-19)16-29-11-5-4-6-12-29/h7-9,15H,2-6,10-14,16-17H2,1H3,(H,26,31)(H2,25,27,28). The van der Waals surface area contributed by atoms with Crippen LogP contribution in [0.1, 0.15) is 56.6 Å². The molecule has 0 unspecified atom stereocenters. The van der Waals surface area contributed by atoms with Crippen LogP contribution in [0, 0.1) is 0 Å². The molecule has 3 N–H and O–H groups in total. The first kappa shape index (κ1) is 22.3. The summed E-state index contributed by atoms with van der Waals surface area (Å²) in [6.45, 7) is 7.17. The van der Waals surface area contributed by atoms with Crippen LogP contribution in [0.2, 0.25) is 0 Å². The number of nitrogens with one attached hydrogen (secondary N) is 1. The van der Waals surface area contributed by atoms with Gasteiger partial charge in [-0.1, -0.05) is 44.0 Å². The fourth-order valence-corrected chi connectivity index (χ4v) is 4.29. The van der Waals surface area contributed by atoms with E-state index in [-0.39, 0.29) is 17.7 Å². The van der Waals surface area contributed by atoms with Gasteiger partial charge in [0.05, 0.1) is 6.61 Å². The van der Waals surface area contributed by atoms with Gasteiger partial charge in [0.15, 0.2) is 11.6 Å². The van der Waals surface area contributed by atoms with Gasteiger partial charge in [-0.05, 0) is 43.5 Å². The Hall–Kier alpha value is -2.87. The average molecular weight is 439 g/mol. The summed E-state index contributed by atoms with van der Waals surface area (Å²) in [6, 6.07) is 8.96. The molecule has 0 aliphatic carbocycles. The van der Waals surface area contributed by atoms with Crippen LogP contribution in [0.3, 0.4) is 0 Å². The van der Waals surface area contributed by atoms with Gasteiger partial charge in [-0.15, -0.1) is 0 Å². The maximum atomic E-state index is 12.3. The number of fused-ring (bicyclic) bond motifs is 1. The molecule has 1 fully saturated rings. The van der Waals surface area contributed by atoms with E-state index in [1.54, 1.807) is 0 Å². The second-order valence-electron chi connectivity index (χ2n) is 8.67. The summed E-state index contributed by atoms with van der Waals surface area (Å²) in [4.78, 5) is 25.8. The third kappa shape index (κ3) is 5.68. The van der Waals surface area contributed by atoms with Crippen molar-refractivity contribution >= 4 is 23.2 Å². The number of piperidine rings is 1. The van der Waals surface area contributed by atoms with Crippen molar-refractivity contribution in [3.05, 3.63) is 35.4 Å². The molecule has 0 spiro atoms. The third-order valence-corrected chi connectivity index (χ3v) is 6.02. The first-order chi connectivity index (χ1) is 15.6. The quantitative estimate of drug-likeness (QED) is 0.608. The van der Waals surface area contributed by atoms with Crippen LogP contribution in [0.4, 0.5) is 17.3 Å². The topological polar surface area (TPSA) is 96.6 Å². The van der Waals surface area contributed by atoms with Crippen LogP contribution >= 0.6 is 0 Å². The number of nitrogen functional groups attached to an aromatic ring is 1. The Labute approximate surface area is 190 Å². The maximum absolute atomic E-state index is 12.3. The van der Waals surface area contributed by atoms with E-state index in [1.165, 1.54) is 43.5 Å². The molecule has 2 aliphatic heterocycles. The normalized spacial score (nSPS) is 16.9. The molecule has 8 nitrogen and oxygen atoms in total. The van der Waals surface area contributed by atoms with E-state index in [0.717, 1.165) is 19.4 Å². The number of rotatable bonds is 8. The van der Waals surface area contributed by atoms with Crippen LogP contribution in [-0.4, -0.2) is 47.0 Å². The molecule has 0 bridgehead atoms. The monoisotopic (exact) mass is 438 g/mol. The third-order valence-electron chi connectivity index (χ3n) is 6.02. The highest BCUT2D eigenvalue weighted by molar-refractivity contribution is 5.98. The molecule has 0 saturated carbocycles. The lowest BCUT2D eigenvalue weighted by Crippen LogP contribution is -2.29. The van der Waals surface area contributed by atoms with Crippen LogP contribution in [0.15, 0.2) is 24.3 Å². The SMILES string of the molecule is CCCCOc1nc(N)c2c(n1)N(Cc1cccc(CN3CCCCC3)c1)CCC(=O)N2. The minimum Gasteiger partial charge on any atom is -0.463 e. The summed E-state index contributed by atoms with van der Waals surface area (Å²) in [5.41, 5.74) is 9.16. The van der Waals surface area contributed by atoms with Gasteiger partial charge in [0.2, 0.25) is 5.91 Å². The summed E-state index contributed by atoms with van der Waals surface area (Å²) >= 11 is 0. The summed E-state index contributed by atoms with van der Waals surface area (Å²) < 4.78 is 5.72. The van der Waals surface area contributed by atoms with Gasteiger partial charge in [-0.3, -0.25) is 9.69 Å². The Balaban J connectivity index is 1.54. The fraction of sp³-hybridized carbons (Fsp3) is 0.542. The number of anilines is 3. The number of nitrogens with two attached hydrogens (primary N) is 1. The second-order valence-corrected chi connectivity index (χ2v) is 8.67. The molecule has 32 heavy (non-hydrogen) atoms. The molecule has 1 saturated heterocycles. The summed E-state index contributed by atoms with van der Waals surface area (Å²) in [7, 11) is 0. The van der Waals surface area contributed by atoms with Crippen LogP contribution in [0.5, 0.6) is 6.01 Å². The van der Waals surface area contributed by atoms with Crippen molar-refractivity contribution in [3.8, 4) is 6.01 Å². The highest BCUT2D eigenvalue weighted by Crippen LogP contribution is 2.34. The molecule has 3 heterocycles. The number of amides is 1. The minimum atomic E-state index is -0.0810. The van der Waals surface area contributed by atoms with E-state index in [0.29, 0.717) is 37.6 Å². The van der Waals surface area contributed by atoms with Crippen molar-refractivity contribution in [1.29, 1.82) is 0 Å². The van der Waals surface area contributed by atoms with Gasteiger partial charge in [0.1, 0.15) is 5.69 Å². The lowest BCUT2D eigenvalue weighted by Gasteiger charge is -2.27. The summed E-state index contributed by atoms with van der Waals surface area (Å²) in [5.74, 6) is 0.777. The number of carbonyl (C=O) groups excluding carboxylic acids is 1. The molecular weight excluding hydrogens is 404 g/mol. The lowest BCUT2D eigenvalue weighted by atomic mass is 10.1. The van der Waals surface area contributed by atoms with Crippen molar-refractivity contribution in [2.24, 2.45) is 0 Å². The lowest BCUT2D eigenvalue weighted by molar-refractivity contribution is -0.115. The Morgan fingerprint density at radius 2 is 1.88 bits per heavy atom. The molecule has 1 aromatic heterocycles. The maximum Gasteiger partial charge on any atom is 0.320 e. The molecule has 172 valence electrons. The predicted octanol–water partition coefficient (Wildman–Crippen LogP) is 3.57. The molecule has 8 heteroatoms. The molecular formula is C24H34N6O2. The zero-order chi connectivity index (χ0) is 22.3. The number of carbonyl (C=O) groups is 1. The number of nitrogens with zero attached hydrogens (tertiary/aromatic N) is 4. The molecule has 4 rings (SSSR count). The molecule has 2 aromatic rings. The van der Waals surface area contributed by atoms with Gasteiger partial charge >= 0.3 is 6.01 Å². The number of benzene rings is 1. The summed E-state index contributed by atoms with van der Waals surface area (Å²) in [6.07, 6.45) is 6.23. The highest BCUT2D eigenvalue weighted by atomic mass is 16.5. The number of likely N-dealkylation sites (tertiary alicyclic amines) is 1. The van der Waals surface area contributed by atoms with Gasteiger partial charge in [-0.25, -0.2) is 0 Å². The largest absolute Gasteiger partial charge is 0.463 e. The zero-order valence-corrected chi connectivity index (χ0v) is 19.0. The van der Waals surface area contributed by atoms with Gasteiger partial charge < -0.3 is 20.7 Å². The highest BCUT2D eigenvalue weighted by Gasteiger charge is 2.25. The number of unbranched alkanes of at least 4 members (excludes halogenated alkanes) is 1. The van der Waals surface area contributed by atoms with Crippen molar-refractivity contribution in [2.45, 2.75) is 58.5 Å². The van der Waals surface area contributed by atoms with Crippen molar-refractivity contribution < 1.29 is 9.53 Å². The number of hydrogen-bond acceptors (Lipinski definition) is 7. The van der Waals surface area contributed by atoms with Crippen LogP contribution in [0.25, 0.3) is 0 Å². The molecule has 2 aliphatic rings. The zero-order valence-electron chi connectivity index (χ0n) is 19.0. The van der Waals surface area contributed by atoms with E-state index < -0.39 is 0 Å². The van der Waals surface area contributed by atoms with E-state index in [1.807, 2.05) is 0 Å². The number of ether oxygens (including phenoxy) is 1. The molecule has 1 amide bonds. The molecule has 0 radical (unpaired) electrons. The smallest absolute Gasteiger partial charge is 0.320 e. The van der Waals surface area contributed by atoms with Crippen molar-refractivity contribution in [3.63, 3.8) is 0 Å². The number of hydrogen-bond donors (Lipinski definition) is 2. The van der Waals surface area contributed by atoms with Crippen molar-refractivity contribution in [1.82, 2.24) is 14.9 Å². The molecule has 1 aromatic carbocycles. The Kier molecular flexibility index (Phi) is 7.42. The summed E-state index contributed by atoms with van der Waals surface area (Å²) in [5, 5.41) is 2.87. The van der Waals surface area contributed by atoms with Crippen LogP contribution < -0.4 is 20.7 Å². The fourth-order valence-electron chi connectivity index (χ4n) is 4.29. The minimum absolute atomic E-state index is 0.0810. The van der Waals surface area contributed by atoms with Crippen LogP contribution in [-0.2, 0) is 17.9 Å². The Morgan fingerprint density at radius 1 is 1.09 bits per heavy atom. The van der Waals surface area contributed by atoms with Gasteiger partial charge in [0, 0.05) is 26.1 Å².